The van der Waals surface area contributed by atoms with Gasteiger partial charge in [0.05, 0.1) is 23.8 Å². The molecule has 2 N–H and O–H groups in total. The van der Waals surface area contributed by atoms with Crippen molar-refractivity contribution in [3.8, 4) is 11.4 Å². The molecule has 0 bridgehead atoms. The third-order valence-corrected chi connectivity index (χ3v) is 6.12. The van der Waals surface area contributed by atoms with Gasteiger partial charge in [0.2, 0.25) is 0 Å². The van der Waals surface area contributed by atoms with Gasteiger partial charge in [-0.05, 0) is 50.1 Å². The van der Waals surface area contributed by atoms with Crippen molar-refractivity contribution in [2.45, 2.75) is 31.3 Å². The molecule has 6 rings (SSSR count). The summed E-state index contributed by atoms with van der Waals surface area (Å²) in [6.45, 7) is 1.69. The second-order valence-electron chi connectivity index (χ2n) is 7.97. The summed E-state index contributed by atoms with van der Waals surface area (Å²) < 4.78 is 29.9. The number of rotatable bonds is 4. The minimum atomic E-state index is -0.439. The van der Waals surface area contributed by atoms with Crippen molar-refractivity contribution in [2.24, 2.45) is 0 Å². The number of nitrogens with one attached hydrogen (secondary N) is 2. The molecule has 2 fully saturated rings. The summed E-state index contributed by atoms with van der Waals surface area (Å²) in [5.74, 6) is 1.20. The molecule has 2 saturated heterocycles. The second kappa shape index (κ2) is 7.09. The number of fused-ring (bicyclic) bond motifs is 1. The van der Waals surface area contributed by atoms with Crippen molar-refractivity contribution >= 4 is 11.5 Å². The topological polar surface area (TPSA) is 87.0 Å². The first-order valence-corrected chi connectivity index (χ1v) is 10.4. The molecule has 0 radical (unpaired) electrons. The first-order valence-electron chi connectivity index (χ1n) is 10.4. The maximum Gasteiger partial charge on any atom is 0.186 e. The van der Waals surface area contributed by atoms with E-state index in [1.807, 2.05) is 17.2 Å². The van der Waals surface area contributed by atoms with Gasteiger partial charge >= 0.3 is 0 Å². The van der Waals surface area contributed by atoms with Crippen LogP contribution in [0, 0.1) is 11.6 Å². The van der Waals surface area contributed by atoms with E-state index in [0.717, 1.165) is 43.3 Å². The fourth-order valence-corrected chi connectivity index (χ4v) is 4.38. The fourth-order valence-electron chi connectivity index (χ4n) is 4.38. The predicted molar refractivity (Wildman–Crippen MR) is 109 cm³/mol. The van der Waals surface area contributed by atoms with Crippen LogP contribution in [0.4, 0.5) is 14.6 Å². The van der Waals surface area contributed by atoms with Gasteiger partial charge in [-0.1, -0.05) is 0 Å². The molecule has 0 aliphatic carbocycles. The Hall–Kier alpha value is -3.40. The molecule has 4 aromatic rings. The Morgan fingerprint density at radius 3 is 2.84 bits per heavy atom. The number of H-pyrrole nitrogens is 1. The van der Waals surface area contributed by atoms with E-state index in [9.17, 15) is 8.78 Å². The first-order chi connectivity index (χ1) is 15.2. The molecule has 8 nitrogen and oxygen atoms in total. The van der Waals surface area contributed by atoms with Crippen molar-refractivity contribution in [3.63, 3.8) is 0 Å². The summed E-state index contributed by atoms with van der Waals surface area (Å²) >= 11 is 0. The van der Waals surface area contributed by atoms with Gasteiger partial charge in [-0.3, -0.25) is 5.10 Å². The van der Waals surface area contributed by atoms with Gasteiger partial charge in [0.1, 0.15) is 23.3 Å². The van der Waals surface area contributed by atoms with Crippen LogP contribution in [-0.4, -0.2) is 42.9 Å². The summed E-state index contributed by atoms with van der Waals surface area (Å²) in [5, 5.41) is 15.0. The van der Waals surface area contributed by atoms with Gasteiger partial charge in [-0.2, -0.15) is 10.2 Å². The summed E-state index contributed by atoms with van der Waals surface area (Å²) in [6.07, 6.45) is 6.15. The van der Waals surface area contributed by atoms with E-state index in [1.165, 1.54) is 12.1 Å². The molecule has 2 aliphatic heterocycles. The van der Waals surface area contributed by atoms with Crippen LogP contribution >= 0.6 is 0 Å². The standard InChI is InChI=1S/C21H20F2N8/c22-12-3-4-15(23)13(10-12)17-2-1-8-30(17)18-6-9-31-21(26-18)14(11-25-31)19-27-20(29-28-19)16-5-7-24-16/h3-4,6,9-11,16-17,24H,1-2,5,7-8H2,(H,27,28,29)/t16?,17-/m1/s1. The van der Waals surface area contributed by atoms with Crippen molar-refractivity contribution < 1.29 is 8.78 Å². The molecule has 10 heteroatoms. The van der Waals surface area contributed by atoms with Crippen molar-refractivity contribution in [1.82, 2.24) is 35.1 Å². The average molecular weight is 422 g/mol. The van der Waals surface area contributed by atoms with Gasteiger partial charge in [-0.25, -0.2) is 23.3 Å². The number of benzene rings is 1. The fraction of sp³-hybridized carbons (Fsp3) is 0.333. The molecule has 0 saturated carbocycles. The van der Waals surface area contributed by atoms with Gasteiger partial charge in [0.25, 0.3) is 0 Å². The molecule has 1 aromatic carbocycles. The number of nitrogens with zero attached hydrogens (tertiary/aromatic N) is 6. The normalized spacial score (nSPS) is 21.0. The SMILES string of the molecule is Fc1ccc(F)c([C@H]2CCCN2c2ccn3ncc(-c4n[nH]c(C5CCN5)n4)c3n2)c1. The van der Waals surface area contributed by atoms with Crippen LogP contribution in [0.25, 0.3) is 17.0 Å². The van der Waals surface area contributed by atoms with Crippen LogP contribution in [0.2, 0.25) is 0 Å². The summed E-state index contributed by atoms with van der Waals surface area (Å²) in [5.41, 5.74) is 1.70. The zero-order valence-electron chi connectivity index (χ0n) is 16.6. The Bertz CT molecular complexity index is 1260. The lowest BCUT2D eigenvalue weighted by molar-refractivity contribution is 0.367. The molecule has 0 amide bonds. The number of hydrogen-bond donors (Lipinski definition) is 2. The number of halogens is 2. The molecule has 5 heterocycles. The molecule has 2 atom stereocenters. The van der Waals surface area contributed by atoms with Crippen LogP contribution in [-0.2, 0) is 0 Å². The second-order valence-corrected chi connectivity index (χ2v) is 7.97. The molecule has 2 aliphatic rings. The maximum atomic E-state index is 14.4. The van der Waals surface area contributed by atoms with Crippen LogP contribution in [0.5, 0.6) is 0 Å². The lowest BCUT2D eigenvalue weighted by Crippen LogP contribution is -2.35. The summed E-state index contributed by atoms with van der Waals surface area (Å²) in [7, 11) is 0. The molecule has 31 heavy (non-hydrogen) atoms. The van der Waals surface area contributed by atoms with E-state index in [-0.39, 0.29) is 12.1 Å². The maximum absolute atomic E-state index is 14.4. The highest BCUT2D eigenvalue weighted by Gasteiger charge is 2.30. The van der Waals surface area contributed by atoms with E-state index in [0.29, 0.717) is 29.4 Å². The number of aromatic nitrogens is 6. The van der Waals surface area contributed by atoms with Gasteiger partial charge < -0.3 is 10.2 Å². The monoisotopic (exact) mass is 422 g/mol. The Morgan fingerprint density at radius 1 is 1.10 bits per heavy atom. The minimum Gasteiger partial charge on any atom is -0.349 e. The number of anilines is 1. The average Bonchev–Trinajstić information content (AvgIpc) is 3.46. The van der Waals surface area contributed by atoms with E-state index in [4.69, 9.17) is 4.98 Å². The van der Waals surface area contributed by atoms with E-state index in [2.05, 4.69) is 25.6 Å². The highest BCUT2D eigenvalue weighted by molar-refractivity contribution is 5.73. The lowest BCUT2D eigenvalue weighted by atomic mass is 10.0. The van der Waals surface area contributed by atoms with Crippen LogP contribution in [0.15, 0.2) is 36.7 Å². The molecule has 158 valence electrons. The van der Waals surface area contributed by atoms with Gasteiger partial charge in [0, 0.05) is 18.3 Å². The van der Waals surface area contributed by atoms with E-state index < -0.39 is 11.6 Å². The third-order valence-electron chi connectivity index (χ3n) is 6.12. The van der Waals surface area contributed by atoms with Crippen molar-refractivity contribution in [1.29, 1.82) is 0 Å². The highest BCUT2D eigenvalue weighted by atomic mass is 19.1. The first kappa shape index (κ1) is 18.4. The highest BCUT2D eigenvalue weighted by Crippen LogP contribution is 2.37. The molecular formula is C21H20F2N8. The number of hydrogen-bond acceptors (Lipinski definition) is 6. The van der Waals surface area contributed by atoms with E-state index in [1.54, 1.807) is 10.7 Å². The van der Waals surface area contributed by atoms with Crippen LogP contribution < -0.4 is 10.2 Å². The molecule has 1 unspecified atom stereocenters. The molecule has 0 spiro atoms. The Labute approximate surface area is 176 Å². The minimum absolute atomic E-state index is 0.207. The zero-order chi connectivity index (χ0) is 20.9. The lowest BCUT2D eigenvalue weighted by Gasteiger charge is -2.26. The van der Waals surface area contributed by atoms with Gasteiger partial charge in [0.15, 0.2) is 11.5 Å². The smallest absolute Gasteiger partial charge is 0.186 e. The third kappa shape index (κ3) is 3.05. The largest absolute Gasteiger partial charge is 0.349 e. The Balaban J connectivity index is 1.37. The van der Waals surface area contributed by atoms with Crippen molar-refractivity contribution in [3.05, 3.63) is 59.7 Å². The van der Waals surface area contributed by atoms with Crippen molar-refractivity contribution in [2.75, 3.05) is 18.0 Å². The number of aromatic amines is 1. The summed E-state index contributed by atoms with van der Waals surface area (Å²) in [4.78, 5) is 11.4. The van der Waals surface area contributed by atoms with Crippen LogP contribution in [0.3, 0.4) is 0 Å². The zero-order valence-corrected chi connectivity index (χ0v) is 16.6. The summed E-state index contributed by atoms with van der Waals surface area (Å²) in [6, 6.07) is 5.40. The molecule has 3 aromatic heterocycles. The van der Waals surface area contributed by atoms with Gasteiger partial charge in [-0.15, -0.1) is 0 Å². The molecular weight excluding hydrogens is 402 g/mol. The van der Waals surface area contributed by atoms with Crippen LogP contribution in [0.1, 0.15) is 42.7 Å². The quantitative estimate of drug-likeness (QED) is 0.525. The Morgan fingerprint density at radius 2 is 2.00 bits per heavy atom. The predicted octanol–water partition coefficient (Wildman–Crippen LogP) is 3.17. The van der Waals surface area contributed by atoms with E-state index >= 15 is 0 Å². The Kier molecular flexibility index (Phi) is 4.20.